The Bertz CT molecular complexity index is 378. The molecule has 0 amide bonds. The van der Waals surface area contributed by atoms with Crippen molar-refractivity contribution in [1.29, 1.82) is 0 Å². The molecule has 0 unspecified atom stereocenters. The molecule has 0 spiro atoms. The van der Waals surface area contributed by atoms with Crippen molar-refractivity contribution >= 4 is 21.6 Å². The Morgan fingerprint density at radius 1 is 1.58 bits per heavy atom. The Kier molecular flexibility index (Phi) is 2.09. The van der Waals surface area contributed by atoms with Crippen molar-refractivity contribution in [2.75, 3.05) is 0 Å². The molecule has 2 heteroatoms. The molecule has 1 aromatic heterocycles. The summed E-state index contributed by atoms with van der Waals surface area (Å²) < 4.78 is 1.16. The molecule has 0 aliphatic carbocycles. The largest absolute Gasteiger partial charge is 0.245 e. The molecule has 0 atom stereocenters. The maximum atomic E-state index is 4.25. The summed E-state index contributed by atoms with van der Waals surface area (Å²) >= 11 is 1.65. The van der Waals surface area contributed by atoms with Crippen LogP contribution < -0.4 is 0 Å². The summed E-state index contributed by atoms with van der Waals surface area (Å²) in [6.07, 6.45) is 2.31. The molecule has 0 bridgehead atoms. The number of thiazole rings is 1. The molecule has 1 heterocycles. The van der Waals surface area contributed by atoms with Crippen molar-refractivity contribution in [3.8, 4) is 0 Å². The summed E-state index contributed by atoms with van der Waals surface area (Å²) in [6.45, 7) is 2.19. The van der Waals surface area contributed by atoms with E-state index in [-0.39, 0.29) is 0 Å². The molecule has 2 rings (SSSR count). The van der Waals surface area contributed by atoms with Crippen LogP contribution in [0.3, 0.4) is 0 Å². The number of aryl methyl sites for hydroxylation is 1. The van der Waals surface area contributed by atoms with E-state index in [1.54, 1.807) is 11.3 Å². The Labute approximate surface area is 76.1 Å². The molecule has 2 aromatic rings. The molecule has 0 saturated heterocycles. The van der Waals surface area contributed by atoms with Crippen LogP contribution in [0.4, 0.5) is 0 Å². The fourth-order valence-electron chi connectivity index (χ4n) is 1.27. The highest BCUT2D eigenvalue weighted by Gasteiger charge is 1.97. The molecule has 0 saturated carbocycles. The van der Waals surface area contributed by atoms with E-state index in [0.717, 1.165) is 16.6 Å². The quantitative estimate of drug-likeness (QED) is 0.685. The molecular formula is C10H10NS. The minimum atomic E-state index is 1.09. The summed E-state index contributed by atoms with van der Waals surface area (Å²) in [5.41, 5.74) is 4.30. The Balaban J connectivity index is 2.46. The van der Waals surface area contributed by atoms with Gasteiger partial charge in [-0.2, -0.15) is 0 Å². The monoisotopic (exact) mass is 176 g/mol. The third kappa shape index (κ3) is 1.34. The third-order valence-electron chi connectivity index (χ3n) is 1.84. The molecule has 0 aliphatic heterocycles. The van der Waals surface area contributed by atoms with Gasteiger partial charge in [0.15, 0.2) is 0 Å². The zero-order chi connectivity index (χ0) is 8.39. The predicted molar refractivity (Wildman–Crippen MR) is 52.5 cm³/mol. The smallest absolute Gasteiger partial charge is 0.0821 e. The summed E-state index contributed by atoms with van der Waals surface area (Å²) in [5, 5.41) is 0. The maximum Gasteiger partial charge on any atom is 0.0821 e. The first-order chi connectivity index (χ1) is 5.90. The topological polar surface area (TPSA) is 12.9 Å². The lowest BCUT2D eigenvalue weighted by Crippen LogP contribution is -1.81. The lowest BCUT2D eigenvalue weighted by atomic mass is 10.1. The van der Waals surface area contributed by atoms with Gasteiger partial charge in [-0.3, -0.25) is 0 Å². The highest BCUT2D eigenvalue weighted by Crippen LogP contribution is 2.18. The normalized spacial score (nSPS) is 10.8. The molecule has 61 valence electrons. The van der Waals surface area contributed by atoms with Crippen molar-refractivity contribution in [2.45, 2.75) is 19.8 Å². The van der Waals surface area contributed by atoms with Crippen molar-refractivity contribution in [3.63, 3.8) is 0 Å². The second kappa shape index (κ2) is 3.23. The van der Waals surface area contributed by atoms with Crippen molar-refractivity contribution in [2.24, 2.45) is 0 Å². The average molecular weight is 176 g/mol. The fraction of sp³-hybridized carbons (Fsp3) is 0.300. The number of nitrogens with zero attached hydrogens (tertiary/aromatic N) is 1. The minimum absolute atomic E-state index is 1.09. The third-order valence-corrected chi connectivity index (χ3v) is 2.62. The van der Waals surface area contributed by atoms with Gasteiger partial charge in [0.05, 0.1) is 15.7 Å². The number of benzene rings is 1. The van der Waals surface area contributed by atoms with Gasteiger partial charge in [-0.05, 0) is 24.1 Å². The Morgan fingerprint density at radius 3 is 3.33 bits per heavy atom. The number of rotatable bonds is 2. The molecule has 0 aliphatic rings. The first-order valence-electron chi connectivity index (χ1n) is 4.14. The molecule has 0 fully saturated rings. The van der Waals surface area contributed by atoms with Crippen LogP contribution >= 0.6 is 11.3 Å². The number of hydrogen-bond acceptors (Lipinski definition) is 2. The fourth-order valence-corrected chi connectivity index (χ4v) is 1.91. The molecule has 1 aromatic carbocycles. The minimum Gasteiger partial charge on any atom is -0.245 e. The lowest BCUT2D eigenvalue weighted by molar-refractivity contribution is 0.923. The molecular weight excluding hydrogens is 166 g/mol. The van der Waals surface area contributed by atoms with Crippen LogP contribution in [0, 0.1) is 6.07 Å². The SMILES string of the molecule is CCCc1c[c]c2scnc2c1. The van der Waals surface area contributed by atoms with Gasteiger partial charge in [-0.15, -0.1) is 11.3 Å². The van der Waals surface area contributed by atoms with Crippen LogP contribution in [0.2, 0.25) is 0 Å². The Hall–Kier alpha value is -0.890. The summed E-state index contributed by atoms with van der Waals surface area (Å²) in [4.78, 5) is 4.25. The van der Waals surface area contributed by atoms with E-state index in [1.807, 2.05) is 5.51 Å². The van der Waals surface area contributed by atoms with Gasteiger partial charge in [-0.1, -0.05) is 13.3 Å². The zero-order valence-corrected chi connectivity index (χ0v) is 7.82. The number of aromatic nitrogens is 1. The highest BCUT2D eigenvalue weighted by atomic mass is 32.1. The first-order valence-corrected chi connectivity index (χ1v) is 5.02. The van der Waals surface area contributed by atoms with Gasteiger partial charge in [-0.25, -0.2) is 4.98 Å². The maximum absolute atomic E-state index is 4.25. The van der Waals surface area contributed by atoms with Crippen LogP contribution in [-0.4, -0.2) is 4.98 Å². The average Bonchev–Trinajstić information content (AvgIpc) is 2.51. The van der Waals surface area contributed by atoms with E-state index in [9.17, 15) is 0 Å². The van der Waals surface area contributed by atoms with Crippen LogP contribution in [0.1, 0.15) is 18.9 Å². The van der Waals surface area contributed by atoms with Crippen LogP contribution in [0.25, 0.3) is 10.2 Å². The second-order valence-corrected chi connectivity index (χ2v) is 3.68. The molecule has 1 radical (unpaired) electrons. The zero-order valence-electron chi connectivity index (χ0n) is 7.00. The van der Waals surface area contributed by atoms with Crippen LogP contribution in [-0.2, 0) is 6.42 Å². The molecule has 1 nitrogen and oxygen atoms in total. The lowest BCUT2D eigenvalue weighted by Gasteiger charge is -1.96. The van der Waals surface area contributed by atoms with Crippen LogP contribution in [0.5, 0.6) is 0 Å². The predicted octanol–water partition coefficient (Wildman–Crippen LogP) is 3.05. The number of hydrogen-bond donors (Lipinski definition) is 0. The van der Waals surface area contributed by atoms with E-state index in [0.29, 0.717) is 0 Å². The summed E-state index contributed by atoms with van der Waals surface area (Å²) in [6, 6.07) is 7.47. The van der Waals surface area contributed by atoms with Crippen LogP contribution in [0.15, 0.2) is 17.6 Å². The van der Waals surface area contributed by atoms with Gasteiger partial charge >= 0.3 is 0 Å². The van der Waals surface area contributed by atoms with Gasteiger partial charge in [0.2, 0.25) is 0 Å². The van der Waals surface area contributed by atoms with Gasteiger partial charge in [0.1, 0.15) is 0 Å². The molecule has 0 N–H and O–H groups in total. The van der Waals surface area contributed by atoms with Crippen molar-refractivity contribution < 1.29 is 0 Å². The van der Waals surface area contributed by atoms with Gasteiger partial charge < -0.3 is 0 Å². The Morgan fingerprint density at radius 2 is 2.50 bits per heavy atom. The van der Waals surface area contributed by atoms with E-state index >= 15 is 0 Å². The summed E-state index contributed by atoms with van der Waals surface area (Å²) in [7, 11) is 0. The van der Waals surface area contributed by atoms with Gasteiger partial charge in [0, 0.05) is 6.07 Å². The van der Waals surface area contributed by atoms with E-state index in [1.165, 1.54) is 12.0 Å². The summed E-state index contributed by atoms with van der Waals surface area (Å²) in [5.74, 6) is 0. The van der Waals surface area contributed by atoms with E-state index in [4.69, 9.17) is 0 Å². The van der Waals surface area contributed by atoms with E-state index in [2.05, 4.69) is 30.1 Å². The van der Waals surface area contributed by atoms with Crippen molar-refractivity contribution in [1.82, 2.24) is 4.98 Å². The van der Waals surface area contributed by atoms with Gasteiger partial charge in [0.25, 0.3) is 0 Å². The standard InChI is InChI=1S/C10H10NS/c1-2-3-8-4-5-10-9(6-8)11-7-12-10/h4,6-7H,2-3H2,1H3. The molecule has 12 heavy (non-hydrogen) atoms. The number of fused-ring (bicyclic) bond motifs is 1. The van der Waals surface area contributed by atoms with E-state index < -0.39 is 0 Å². The first kappa shape index (κ1) is 7.74. The highest BCUT2D eigenvalue weighted by molar-refractivity contribution is 7.16. The van der Waals surface area contributed by atoms with Crippen molar-refractivity contribution in [3.05, 3.63) is 29.3 Å². The second-order valence-electron chi connectivity index (χ2n) is 2.82.